The number of carbonyl (C=O) groups excluding carboxylic acids is 2. The molecule has 0 bridgehead atoms. The second-order valence-corrected chi connectivity index (χ2v) is 9.61. The maximum Gasteiger partial charge on any atom is 0.337 e. The van der Waals surface area contributed by atoms with Crippen LogP contribution in [0.4, 0.5) is 0 Å². The zero-order valence-electron chi connectivity index (χ0n) is 21.7. The number of dihydropyridines is 1. The largest absolute Gasteiger partial charge is 0.454 e. The van der Waals surface area contributed by atoms with Crippen molar-refractivity contribution in [3.05, 3.63) is 135 Å². The summed E-state index contributed by atoms with van der Waals surface area (Å²) in [4.78, 5) is 27.2. The van der Waals surface area contributed by atoms with Crippen molar-refractivity contribution in [1.29, 1.82) is 0 Å². The number of rotatable bonds is 8. The van der Waals surface area contributed by atoms with Crippen LogP contribution in [0.15, 0.2) is 114 Å². The van der Waals surface area contributed by atoms with Crippen molar-refractivity contribution in [3.63, 3.8) is 0 Å². The summed E-state index contributed by atoms with van der Waals surface area (Å²) < 4.78 is 5.90. The van der Waals surface area contributed by atoms with Crippen LogP contribution >= 0.6 is 11.6 Å². The molecule has 2 unspecified atom stereocenters. The minimum Gasteiger partial charge on any atom is -0.454 e. The van der Waals surface area contributed by atoms with Crippen LogP contribution in [0.1, 0.15) is 49.5 Å². The zero-order chi connectivity index (χ0) is 27.1. The molecule has 1 aliphatic rings. The number of ether oxygens (including phenoxy) is 1. The molecule has 0 fully saturated rings. The minimum atomic E-state index is -0.650. The van der Waals surface area contributed by atoms with E-state index in [4.69, 9.17) is 16.3 Å². The topological polar surface area (TPSA) is 67.4 Å². The first-order chi connectivity index (χ1) is 18.3. The van der Waals surface area contributed by atoms with Crippen LogP contribution in [0.5, 0.6) is 0 Å². The highest BCUT2D eigenvalue weighted by Gasteiger charge is 2.37. The fraction of sp³-hybridized carbons (Fsp3) is 0.188. The first kappa shape index (κ1) is 27.0. The summed E-state index contributed by atoms with van der Waals surface area (Å²) in [5.74, 6) is -1.41. The van der Waals surface area contributed by atoms with Gasteiger partial charge in [0.1, 0.15) is 6.10 Å². The van der Waals surface area contributed by atoms with Gasteiger partial charge in [-0.1, -0.05) is 96.5 Å². The number of hydrogen-bond acceptors (Lipinski definition) is 4. The molecule has 0 saturated carbocycles. The lowest BCUT2D eigenvalue weighted by Gasteiger charge is -2.31. The molecule has 5 nitrogen and oxygen atoms in total. The molecule has 0 saturated heterocycles. The molecule has 0 aliphatic carbocycles. The molecular weight excluding hydrogens is 496 g/mol. The highest BCUT2D eigenvalue weighted by Crippen LogP contribution is 2.40. The van der Waals surface area contributed by atoms with Crippen LogP contribution in [0.2, 0.25) is 5.02 Å². The summed E-state index contributed by atoms with van der Waals surface area (Å²) in [5.41, 5.74) is 4.81. The fourth-order valence-electron chi connectivity index (χ4n) is 4.61. The Morgan fingerprint density at radius 2 is 1.61 bits per heavy atom. The van der Waals surface area contributed by atoms with Gasteiger partial charge in [0.05, 0.1) is 11.5 Å². The lowest BCUT2D eigenvalue weighted by Crippen LogP contribution is -2.36. The Morgan fingerprint density at radius 1 is 0.947 bits per heavy atom. The normalized spacial score (nSPS) is 16.3. The number of amides is 1. The van der Waals surface area contributed by atoms with Crippen LogP contribution in [-0.4, -0.2) is 18.4 Å². The average Bonchev–Trinajstić information content (AvgIpc) is 2.91. The second-order valence-electron chi connectivity index (χ2n) is 9.17. The Balaban J connectivity index is 1.62. The Hall–Kier alpha value is -4.09. The molecule has 2 N–H and O–H groups in total. The van der Waals surface area contributed by atoms with Gasteiger partial charge in [-0.15, -0.1) is 0 Å². The molecule has 3 aromatic rings. The number of allylic oxidation sites excluding steroid dienone is 2. The van der Waals surface area contributed by atoms with Gasteiger partial charge in [-0.2, -0.15) is 0 Å². The lowest BCUT2D eigenvalue weighted by molar-refractivity contribution is -0.144. The van der Waals surface area contributed by atoms with Gasteiger partial charge in [0.15, 0.2) is 0 Å². The van der Waals surface area contributed by atoms with Crippen molar-refractivity contribution in [2.75, 3.05) is 6.54 Å². The van der Waals surface area contributed by atoms with E-state index in [-0.39, 0.29) is 5.91 Å². The number of halogens is 1. The Labute approximate surface area is 228 Å². The van der Waals surface area contributed by atoms with Crippen molar-refractivity contribution < 1.29 is 14.3 Å². The number of hydrogen-bond donors (Lipinski definition) is 2. The molecule has 38 heavy (non-hydrogen) atoms. The third kappa shape index (κ3) is 6.42. The van der Waals surface area contributed by atoms with E-state index >= 15 is 0 Å². The molecular formula is C32H31ClN2O3. The van der Waals surface area contributed by atoms with Gasteiger partial charge in [0, 0.05) is 28.5 Å². The summed E-state index contributed by atoms with van der Waals surface area (Å²) in [5, 5.41) is 6.73. The van der Waals surface area contributed by atoms with E-state index in [9.17, 15) is 9.59 Å². The lowest BCUT2D eigenvalue weighted by atomic mass is 9.80. The van der Waals surface area contributed by atoms with Gasteiger partial charge in [-0.25, -0.2) is 4.79 Å². The van der Waals surface area contributed by atoms with Gasteiger partial charge in [-0.05, 0) is 49.6 Å². The summed E-state index contributed by atoms with van der Waals surface area (Å²) in [6.45, 7) is 5.83. The van der Waals surface area contributed by atoms with Crippen molar-refractivity contribution in [2.45, 2.75) is 32.8 Å². The molecule has 0 aromatic heterocycles. The predicted octanol–water partition coefficient (Wildman–Crippen LogP) is 6.71. The maximum atomic E-state index is 13.6. The van der Waals surface area contributed by atoms with Crippen LogP contribution in [0, 0.1) is 0 Å². The molecule has 4 rings (SSSR count). The van der Waals surface area contributed by atoms with E-state index in [1.165, 1.54) is 0 Å². The smallest absolute Gasteiger partial charge is 0.337 e. The van der Waals surface area contributed by atoms with E-state index in [0.29, 0.717) is 34.1 Å². The maximum absolute atomic E-state index is 13.6. The van der Waals surface area contributed by atoms with E-state index in [0.717, 1.165) is 16.7 Å². The van der Waals surface area contributed by atoms with Crippen molar-refractivity contribution >= 4 is 29.6 Å². The number of esters is 1. The van der Waals surface area contributed by atoms with Gasteiger partial charge >= 0.3 is 5.97 Å². The quantitative estimate of drug-likeness (QED) is 0.320. The Morgan fingerprint density at radius 3 is 2.29 bits per heavy atom. The number of carbonyl (C=O) groups is 2. The average molecular weight is 527 g/mol. The fourth-order valence-corrected chi connectivity index (χ4v) is 4.81. The first-order valence-electron chi connectivity index (χ1n) is 12.5. The Bertz CT molecular complexity index is 1390. The Kier molecular flexibility index (Phi) is 8.82. The SMILES string of the molecule is CC1=C(C(=O)NCC=Cc2ccccc2)C(c2cccc(Cl)c2)C(C(=O)OC(C)c2ccccc2)=C(C)N1. The molecule has 1 aliphatic heterocycles. The molecule has 3 aromatic carbocycles. The van der Waals surface area contributed by atoms with E-state index < -0.39 is 18.0 Å². The molecule has 1 amide bonds. The minimum absolute atomic E-state index is 0.272. The number of benzene rings is 3. The van der Waals surface area contributed by atoms with E-state index in [1.807, 2.05) is 106 Å². The van der Waals surface area contributed by atoms with Gasteiger partial charge in [0.2, 0.25) is 5.91 Å². The van der Waals surface area contributed by atoms with E-state index in [1.54, 1.807) is 12.1 Å². The van der Waals surface area contributed by atoms with Crippen molar-refractivity contribution in [2.24, 2.45) is 0 Å². The summed E-state index contributed by atoms with van der Waals surface area (Å²) >= 11 is 6.34. The van der Waals surface area contributed by atoms with Gasteiger partial charge in [-0.3, -0.25) is 4.79 Å². The van der Waals surface area contributed by atoms with Gasteiger partial charge < -0.3 is 15.4 Å². The van der Waals surface area contributed by atoms with Crippen LogP contribution < -0.4 is 10.6 Å². The third-order valence-electron chi connectivity index (χ3n) is 6.45. The van der Waals surface area contributed by atoms with Crippen molar-refractivity contribution in [1.82, 2.24) is 10.6 Å². The number of nitrogens with one attached hydrogen (secondary N) is 2. The zero-order valence-corrected chi connectivity index (χ0v) is 22.5. The van der Waals surface area contributed by atoms with Crippen LogP contribution in [0.3, 0.4) is 0 Å². The van der Waals surface area contributed by atoms with Crippen LogP contribution in [0.25, 0.3) is 6.08 Å². The summed E-state index contributed by atoms with van der Waals surface area (Å²) in [7, 11) is 0. The highest BCUT2D eigenvalue weighted by molar-refractivity contribution is 6.30. The molecule has 194 valence electrons. The predicted molar refractivity (Wildman–Crippen MR) is 152 cm³/mol. The first-order valence-corrected chi connectivity index (χ1v) is 12.9. The second kappa shape index (κ2) is 12.4. The van der Waals surface area contributed by atoms with Crippen molar-refractivity contribution in [3.8, 4) is 0 Å². The van der Waals surface area contributed by atoms with Crippen LogP contribution in [-0.2, 0) is 14.3 Å². The molecule has 0 spiro atoms. The molecule has 1 heterocycles. The molecule has 6 heteroatoms. The third-order valence-corrected chi connectivity index (χ3v) is 6.69. The summed E-state index contributed by atoms with van der Waals surface area (Å²) in [6.07, 6.45) is 3.38. The summed E-state index contributed by atoms with van der Waals surface area (Å²) in [6, 6.07) is 26.7. The standard InChI is InChI=1S/C32H31ClN2O3/c1-21-28(31(36)34-19-11-14-24-12-6-4-7-13-24)30(26-17-10-18-27(33)20-26)29(22(2)35-21)32(37)38-23(3)25-15-8-5-9-16-25/h4-18,20,23,30,35H,19H2,1-3H3,(H,34,36). The molecule has 2 atom stereocenters. The molecule has 0 radical (unpaired) electrons. The monoisotopic (exact) mass is 526 g/mol. The van der Waals surface area contributed by atoms with Gasteiger partial charge in [0.25, 0.3) is 0 Å². The van der Waals surface area contributed by atoms with E-state index in [2.05, 4.69) is 10.6 Å². The highest BCUT2D eigenvalue weighted by atomic mass is 35.5.